The molecular weight excluding hydrogens is 550 g/mol. The summed E-state index contributed by atoms with van der Waals surface area (Å²) in [6.45, 7) is 17.3. The summed E-state index contributed by atoms with van der Waals surface area (Å²) in [6, 6.07) is 0. The fraction of sp³-hybridized carbons (Fsp3) is 0.765. The van der Waals surface area contributed by atoms with Gasteiger partial charge >= 0.3 is 12.1 Å². The summed E-state index contributed by atoms with van der Waals surface area (Å²) in [5, 5.41) is 32.7. The summed E-state index contributed by atoms with van der Waals surface area (Å²) < 4.78 is 16.5. The molecule has 9 heteroatoms. The van der Waals surface area contributed by atoms with Crippen molar-refractivity contribution in [2.75, 3.05) is 7.11 Å². The number of allylic oxidation sites excluding steroid dienone is 2. The van der Waals surface area contributed by atoms with Crippen molar-refractivity contribution in [2.24, 2.45) is 47.2 Å². The standard InChI is InChI=1S/C34H59NO8/c1-11-12-13-21(4)31(43-34(35)40)25(8)30(38)23(6)17-19(2)16-22(5)29(37)20(3)14-15-27(36)18-28-24(7)32(41-10)26(9)33(39)42-28/h12-16,20-32,36-38H,11,17-18H2,1-10H3,(H2,35,40)/t20-,21-,22-,23-,24-,25-,26+,27+,28-,29-,30+,31-,32-/m0/s1. The maximum atomic E-state index is 12.2. The van der Waals surface area contributed by atoms with Crippen LogP contribution in [0.1, 0.15) is 81.6 Å². The lowest BCUT2D eigenvalue weighted by molar-refractivity contribution is -0.182. The first-order chi connectivity index (χ1) is 20.0. The predicted molar refractivity (Wildman–Crippen MR) is 169 cm³/mol. The number of rotatable bonds is 17. The van der Waals surface area contributed by atoms with Gasteiger partial charge in [0.1, 0.15) is 12.2 Å². The summed E-state index contributed by atoms with van der Waals surface area (Å²) >= 11 is 0. The number of methoxy groups -OCH3 is 1. The van der Waals surface area contributed by atoms with Gasteiger partial charge < -0.3 is 35.3 Å². The fourth-order valence-electron chi connectivity index (χ4n) is 6.30. The maximum Gasteiger partial charge on any atom is 0.404 e. The number of esters is 1. The third kappa shape index (κ3) is 12.0. The second-order valence-electron chi connectivity index (χ2n) is 12.9. The average molecular weight is 610 g/mol. The molecule has 1 aliphatic heterocycles. The van der Waals surface area contributed by atoms with Crippen LogP contribution in [0.3, 0.4) is 0 Å². The Hall–Kier alpha value is -2.20. The molecule has 248 valence electrons. The molecule has 0 radical (unpaired) electrons. The highest BCUT2D eigenvalue weighted by molar-refractivity contribution is 5.74. The Labute approximate surface area is 259 Å². The molecule has 0 aromatic rings. The lowest BCUT2D eigenvalue weighted by atomic mass is 9.81. The quantitative estimate of drug-likeness (QED) is 0.130. The second-order valence-corrected chi connectivity index (χ2v) is 12.9. The Balaban J connectivity index is 2.77. The molecule has 0 aromatic heterocycles. The van der Waals surface area contributed by atoms with Crippen LogP contribution in [0.15, 0.2) is 36.0 Å². The Morgan fingerprint density at radius 3 is 2.19 bits per heavy atom. The number of nitrogens with two attached hydrogens (primary N) is 1. The Bertz CT molecular complexity index is 949. The van der Waals surface area contributed by atoms with E-state index in [1.807, 2.05) is 73.6 Å². The van der Waals surface area contributed by atoms with E-state index in [4.69, 9.17) is 19.9 Å². The van der Waals surface area contributed by atoms with Crippen LogP contribution in [0.5, 0.6) is 0 Å². The molecule has 0 spiro atoms. The fourth-order valence-corrected chi connectivity index (χ4v) is 6.30. The van der Waals surface area contributed by atoms with Crippen molar-refractivity contribution >= 4 is 12.1 Å². The van der Waals surface area contributed by atoms with Gasteiger partial charge in [-0.1, -0.05) is 84.4 Å². The van der Waals surface area contributed by atoms with E-state index in [2.05, 4.69) is 0 Å². The summed E-state index contributed by atoms with van der Waals surface area (Å²) in [5.74, 6) is -1.70. The first kappa shape index (κ1) is 38.8. The summed E-state index contributed by atoms with van der Waals surface area (Å²) in [4.78, 5) is 23.8. The molecule has 1 fully saturated rings. The lowest BCUT2D eigenvalue weighted by Gasteiger charge is -2.38. The smallest absolute Gasteiger partial charge is 0.404 e. The first-order valence-electron chi connectivity index (χ1n) is 15.8. The number of carbonyl (C=O) groups is 2. The Morgan fingerprint density at radius 1 is 1.00 bits per heavy atom. The molecule has 1 rings (SSSR count). The largest absolute Gasteiger partial charge is 0.462 e. The van der Waals surface area contributed by atoms with E-state index in [0.717, 1.165) is 12.0 Å². The molecule has 1 heterocycles. The summed E-state index contributed by atoms with van der Waals surface area (Å²) in [7, 11) is 1.58. The molecule has 43 heavy (non-hydrogen) atoms. The minimum Gasteiger partial charge on any atom is -0.462 e. The number of hydrogen-bond donors (Lipinski definition) is 4. The van der Waals surface area contributed by atoms with Gasteiger partial charge in [-0.05, 0) is 32.6 Å². The van der Waals surface area contributed by atoms with Crippen molar-refractivity contribution in [1.29, 1.82) is 0 Å². The van der Waals surface area contributed by atoms with Gasteiger partial charge in [0.25, 0.3) is 0 Å². The van der Waals surface area contributed by atoms with Gasteiger partial charge in [0.05, 0.1) is 30.3 Å². The molecule has 1 amide bonds. The van der Waals surface area contributed by atoms with Crippen molar-refractivity contribution in [1.82, 2.24) is 0 Å². The van der Waals surface area contributed by atoms with Gasteiger partial charge in [-0.25, -0.2) is 4.79 Å². The topological polar surface area (TPSA) is 149 Å². The predicted octanol–water partition coefficient (Wildman–Crippen LogP) is 5.18. The molecule has 0 unspecified atom stereocenters. The Morgan fingerprint density at radius 2 is 1.63 bits per heavy atom. The number of primary amides is 1. The van der Waals surface area contributed by atoms with E-state index < -0.39 is 36.6 Å². The van der Waals surface area contributed by atoms with Crippen molar-refractivity contribution in [3.05, 3.63) is 36.0 Å². The zero-order valence-electron chi connectivity index (χ0n) is 28.0. The minimum absolute atomic E-state index is 0.0522. The highest BCUT2D eigenvalue weighted by Crippen LogP contribution is 2.32. The number of cyclic esters (lactones) is 1. The number of aliphatic hydroxyl groups excluding tert-OH is 3. The van der Waals surface area contributed by atoms with Crippen LogP contribution in [-0.4, -0.2) is 71.1 Å². The molecule has 0 aromatic carbocycles. The number of aliphatic hydroxyl groups is 3. The van der Waals surface area contributed by atoms with E-state index in [1.54, 1.807) is 26.2 Å². The van der Waals surface area contributed by atoms with Crippen LogP contribution in [0, 0.1) is 41.4 Å². The van der Waals surface area contributed by atoms with Gasteiger partial charge in [0, 0.05) is 43.1 Å². The van der Waals surface area contributed by atoms with Gasteiger partial charge in [-0.15, -0.1) is 0 Å². The highest BCUT2D eigenvalue weighted by atomic mass is 16.6. The number of ether oxygens (including phenoxy) is 3. The molecule has 9 nitrogen and oxygen atoms in total. The van der Waals surface area contributed by atoms with E-state index in [-0.39, 0.29) is 59.9 Å². The van der Waals surface area contributed by atoms with Crippen LogP contribution in [-0.2, 0) is 19.0 Å². The molecule has 1 aliphatic rings. The van der Waals surface area contributed by atoms with Crippen LogP contribution >= 0.6 is 0 Å². The van der Waals surface area contributed by atoms with Gasteiger partial charge in [-0.2, -0.15) is 0 Å². The zero-order valence-corrected chi connectivity index (χ0v) is 28.0. The van der Waals surface area contributed by atoms with E-state index >= 15 is 0 Å². The average Bonchev–Trinajstić information content (AvgIpc) is 2.94. The molecule has 0 bridgehead atoms. The van der Waals surface area contributed by atoms with Crippen LogP contribution in [0.25, 0.3) is 0 Å². The third-order valence-electron chi connectivity index (χ3n) is 8.97. The lowest BCUT2D eigenvalue weighted by Crippen LogP contribution is -2.48. The van der Waals surface area contributed by atoms with E-state index in [1.165, 1.54) is 0 Å². The number of carbonyl (C=O) groups excluding carboxylic acids is 2. The SMILES string of the molecule is CCC=C[C@H](C)[C@H](OC(N)=O)[C@@H](C)[C@H](O)[C@@H](C)CC(C)=C[C@H](C)[C@@H](O)[C@@H](C)C=C[C@@H](O)C[C@@H]1OC(=O)[C@H](C)[C@@H](OC)[C@H]1C. The normalized spacial score (nSPS) is 28.0. The van der Waals surface area contributed by atoms with Crippen LogP contribution in [0.4, 0.5) is 4.79 Å². The van der Waals surface area contributed by atoms with Crippen LogP contribution < -0.4 is 5.73 Å². The highest BCUT2D eigenvalue weighted by Gasteiger charge is 2.42. The van der Waals surface area contributed by atoms with Crippen LogP contribution in [0.2, 0.25) is 0 Å². The third-order valence-corrected chi connectivity index (χ3v) is 8.97. The van der Waals surface area contributed by atoms with Gasteiger partial charge in [0.15, 0.2) is 0 Å². The van der Waals surface area contributed by atoms with Crippen molar-refractivity contribution in [3.8, 4) is 0 Å². The molecule has 0 aliphatic carbocycles. The molecule has 1 saturated heterocycles. The summed E-state index contributed by atoms with van der Waals surface area (Å²) in [6.07, 6.45) is 6.78. The van der Waals surface area contributed by atoms with Crippen molar-refractivity contribution in [3.63, 3.8) is 0 Å². The first-order valence-corrected chi connectivity index (χ1v) is 15.8. The minimum atomic E-state index is -0.857. The zero-order chi connectivity index (χ0) is 33.0. The van der Waals surface area contributed by atoms with E-state index in [0.29, 0.717) is 6.42 Å². The number of amides is 1. The van der Waals surface area contributed by atoms with E-state index in [9.17, 15) is 24.9 Å². The van der Waals surface area contributed by atoms with Gasteiger partial charge in [0.2, 0.25) is 0 Å². The molecule has 0 saturated carbocycles. The summed E-state index contributed by atoms with van der Waals surface area (Å²) in [5.41, 5.74) is 6.36. The molecular formula is C34H59NO8. The van der Waals surface area contributed by atoms with Crippen molar-refractivity contribution < 1.29 is 39.1 Å². The molecule has 13 atom stereocenters. The van der Waals surface area contributed by atoms with Gasteiger partial charge in [-0.3, -0.25) is 4.79 Å². The maximum absolute atomic E-state index is 12.2. The number of hydrogen-bond acceptors (Lipinski definition) is 8. The molecule has 5 N–H and O–H groups in total. The second kappa shape index (κ2) is 18.6. The van der Waals surface area contributed by atoms with Crippen molar-refractivity contribution in [2.45, 2.75) is 118 Å². The Kier molecular flexibility index (Phi) is 16.8. The monoisotopic (exact) mass is 609 g/mol.